The van der Waals surface area contributed by atoms with E-state index >= 15 is 0 Å². The third-order valence-corrected chi connectivity index (χ3v) is 5.10. The molecule has 1 fully saturated rings. The van der Waals surface area contributed by atoms with Crippen LogP contribution in [0.2, 0.25) is 0 Å². The number of allylic oxidation sites excluding steroid dienone is 1. The zero-order valence-corrected chi connectivity index (χ0v) is 12.6. The highest BCUT2D eigenvalue weighted by Gasteiger charge is 2.46. The second kappa shape index (κ2) is 4.88. The van der Waals surface area contributed by atoms with E-state index in [9.17, 15) is 4.79 Å². The molecular weight excluding hydrogens is 248 g/mol. The topological polar surface area (TPSA) is 44.9 Å². The molecule has 1 aliphatic carbocycles. The van der Waals surface area contributed by atoms with Crippen LogP contribution in [-0.4, -0.2) is 11.5 Å². The summed E-state index contributed by atoms with van der Waals surface area (Å²) in [6.45, 7) is 7.65. The third kappa shape index (κ3) is 2.05. The number of piperidine rings is 1. The van der Waals surface area contributed by atoms with Crippen LogP contribution in [0.5, 0.6) is 0 Å². The Balaban J connectivity index is 2.15. The predicted octanol–water partition coefficient (Wildman–Crippen LogP) is 2.86. The Hall–Kier alpha value is -1.35. The zero-order chi connectivity index (χ0) is 14.3. The normalized spacial score (nSPS) is 33.5. The molecule has 1 unspecified atom stereocenters. The molecule has 3 heteroatoms. The van der Waals surface area contributed by atoms with E-state index < -0.39 is 0 Å². The fraction of sp³-hybridized carbons (Fsp3) is 0.588. The molecule has 0 saturated carbocycles. The minimum atomic E-state index is -0.00821. The highest BCUT2D eigenvalue weighted by Crippen LogP contribution is 2.48. The molecule has 1 aromatic rings. The standard InChI is InChI=1S/C17H24N2O/c1-11-9-12(2)14-5-4-8-18-17(14,10-11)15-6-7-16(20)19-13(15)3/h6-7,9,12,14,18H,4-5,8,10H2,1-3H3,(H,19,20)/t12?,14-,17-/m1/s1. The summed E-state index contributed by atoms with van der Waals surface area (Å²) in [4.78, 5) is 14.5. The predicted molar refractivity (Wildman–Crippen MR) is 81.7 cm³/mol. The number of hydrogen-bond donors (Lipinski definition) is 2. The number of aromatic nitrogens is 1. The van der Waals surface area contributed by atoms with Crippen LogP contribution in [-0.2, 0) is 5.54 Å². The average molecular weight is 272 g/mol. The average Bonchev–Trinajstić information content (AvgIpc) is 2.37. The molecule has 108 valence electrons. The van der Waals surface area contributed by atoms with Gasteiger partial charge in [-0.05, 0) is 63.1 Å². The molecule has 0 aromatic carbocycles. The lowest BCUT2D eigenvalue weighted by atomic mass is 9.62. The van der Waals surface area contributed by atoms with Crippen LogP contribution in [0, 0.1) is 18.8 Å². The van der Waals surface area contributed by atoms with Crippen molar-refractivity contribution in [3.63, 3.8) is 0 Å². The summed E-state index contributed by atoms with van der Waals surface area (Å²) in [6.07, 6.45) is 5.98. The van der Waals surface area contributed by atoms with Crippen molar-refractivity contribution in [3.8, 4) is 0 Å². The van der Waals surface area contributed by atoms with E-state index in [1.165, 1.54) is 24.0 Å². The number of fused-ring (bicyclic) bond motifs is 1. The number of rotatable bonds is 1. The quantitative estimate of drug-likeness (QED) is 0.772. The lowest BCUT2D eigenvalue weighted by Crippen LogP contribution is -2.56. The Morgan fingerprint density at radius 1 is 1.30 bits per heavy atom. The zero-order valence-electron chi connectivity index (χ0n) is 12.6. The van der Waals surface area contributed by atoms with Crippen LogP contribution in [0.1, 0.15) is 44.4 Å². The molecule has 1 saturated heterocycles. The van der Waals surface area contributed by atoms with E-state index in [0.29, 0.717) is 11.8 Å². The molecule has 1 aromatic heterocycles. The molecule has 2 N–H and O–H groups in total. The molecule has 2 aliphatic rings. The second-order valence-electron chi connectivity index (χ2n) is 6.56. The first-order valence-corrected chi connectivity index (χ1v) is 7.66. The maximum absolute atomic E-state index is 11.5. The summed E-state index contributed by atoms with van der Waals surface area (Å²) < 4.78 is 0. The summed E-state index contributed by atoms with van der Waals surface area (Å²) in [6, 6.07) is 3.70. The number of nitrogens with one attached hydrogen (secondary N) is 2. The highest BCUT2D eigenvalue weighted by atomic mass is 16.1. The molecule has 20 heavy (non-hydrogen) atoms. The fourth-order valence-corrected chi connectivity index (χ4v) is 4.43. The first-order valence-electron chi connectivity index (χ1n) is 7.66. The molecule has 0 bridgehead atoms. The SMILES string of the molecule is CC1=CC(C)[C@H]2CCCN[C@]2(c2ccc(=O)[nH]c2C)C1. The van der Waals surface area contributed by atoms with Crippen molar-refractivity contribution in [1.82, 2.24) is 10.3 Å². The van der Waals surface area contributed by atoms with Gasteiger partial charge in [0, 0.05) is 11.8 Å². The van der Waals surface area contributed by atoms with Gasteiger partial charge in [0.15, 0.2) is 0 Å². The van der Waals surface area contributed by atoms with E-state index in [0.717, 1.165) is 18.7 Å². The Morgan fingerprint density at radius 2 is 2.10 bits per heavy atom. The third-order valence-electron chi connectivity index (χ3n) is 5.10. The number of aromatic amines is 1. The summed E-state index contributed by atoms with van der Waals surface area (Å²) in [5.74, 6) is 1.20. The van der Waals surface area contributed by atoms with Crippen molar-refractivity contribution in [2.24, 2.45) is 11.8 Å². The highest BCUT2D eigenvalue weighted by molar-refractivity contribution is 5.34. The number of pyridine rings is 1. The van der Waals surface area contributed by atoms with E-state index in [2.05, 4.69) is 30.2 Å². The van der Waals surface area contributed by atoms with Gasteiger partial charge in [-0.3, -0.25) is 4.79 Å². The Bertz CT molecular complexity index is 601. The minimum absolute atomic E-state index is 0.00475. The van der Waals surface area contributed by atoms with Gasteiger partial charge in [-0.1, -0.05) is 18.6 Å². The summed E-state index contributed by atoms with van der Waals surface area (Å²) in [5, 5.41) is 3.81. The summed E-state index contributed by atoms with van der Waals surface area (Å²) >= 11 is 0. The summed E-state index contributed by atoms with van der Waals surface area (Å²) in [7, 11) is 0. The number of H-pyrrole nitrogens is 1. The van der Waals surface area contributed by atoms with Crippen LogP contribution in [0.3, 0.4) is 0 Å². The molecule has 0 amide bonds. The van der Waals surface area contributed by atoms with Crippen molar-refractivity contribution in [2.45, 2.75) is 45.6 Å². The maximum atomic E-state index is 11.5. The molecule has 0 spiro atoms. The fourth-order valence-electron chi connectivity index (χ4n) is 4.43. The molecule has 1 aliphatic heterocycles. The lowest BCUT2D eigenvalue weighted by Gasteiger charge is -2.51. The monoisotopic (exact) mass is 272 g/mol. The van der Waals surface area contributed by atoms with Crippen molar-refractivity contribution in [2.75, 3.05) is 6.54 Å². The van der Waals surface area contributed by atoms with Gasteiger partial charge in [-0.25, -0.2) is 0 Å². The van der Waals surface area contributed by atoms with Crippen LogP contribution >= 0.6 is 0 Å². The van der Waals surface area contributed by atoms with Gasteiger partial charge in [0.05, 0.1) is 5.54 Å². The van der Waals surface area contributed by atoms with Gasteiger partial charge in [-0.15, -0.1) is 0 Å². The minimum Gasteiger partial charge on any atom is -0.326 e. The summed E-state index contributed by atoms with van der Waals surface area (Å²) in [5.41, 5.74) is 3.74. The number of hydrogen-bond acceptors (Lipinski definition) is 2. The van der Waals surface area contributed by atoms with E-state index in [-0.39, 0.29) is 11.1 Å². The van der Waals surface area contributed by atoms with Crippen LogP contribution in [0.4, 0.5) is 0 Å². The molecule has 2 heterocycles. The van der Waals surface area contributed by atoms with E-state index in [4.69, 9.17) is 0 Å². The van der Waals surface area contributed by atoms with E-state index in [1.54, 1.807) is 6.07 Å². The van der Waals surface area contributed by atoms with Crippen molar-refractivity contribution in [3.05, 3.63) is 45.4 Å². The first kappa shape index (κ1) is 13.6. The van der Waals surface area contributed by atoms with Gasteiger partial charge in [-0.2, -0.15) is 0 Å². The lowest BCUT2D eigenvalue weighted by molar-refractivity contribution is 0.110. The van der Waals surface area contributed by atoms with Crippen molar-refractivity contribution >= 4 is 0 Å². The Morgan fingerprint density at radius 3 is 2.85 bits per heavy atom. The van der Waals surface area contributed by atoms with Crippen LogP contribution in [0.25, 0.3) is 0 Å². The molecule has 3 rings (SSSR count). The largest absolute Gasteiger partial charge is 0.326 e. The Kier molecular flexibility index (Phi) is 3.33. The van der Waals surface area contributed by atoms with Gasteiger partial charge in [0.1, 0.15) is 0 Å². The molecule has 3 nitrogen and oxygen atoms in total. The van der Waals surface area contributed by atoms with Crippen LogP contribution < -0.4 is 10.9 Å². The van der Waals surface area contributed by atoms with Gasteiger partial charge >= 0.3 is 0 Å². The van der Waals surface area contributed by atoms with E-state index in [1.807, 2.05) is 13.0 Å². The van der Waals surface area contributed by atoms with Crippen LogP contribution in [0.15, 0.2) is 28.6 Å². The molecule has 3 atom stereocenters. The molecule has 0 radical (unpaired) electrons. The molecular formula is C17H24N2O. The van der Waals surface area contributed by atoms with Gasteiger partial charge < -0.3 is 10.3 Å². The second-order valence-corrected chi connectivity index (χ2v) is 6.56. The first-order chi connectivity index (χ1) is 9.53. The van der Waals surface area contributed by atoms with Gasteiger partial charge in [0.25, 0.3) is 0 Å². The van der Waals surface area contributed by atoms with Gasteiger partial charge in [0.2, 0.25) is 5.56 Å². The van der Waals surface area contributed by atoms with Crippen molar-refractivity contribution < 1.29 is 0 Å². The maximum Gasteiger partial charge on any atom is 0.248 e. The van der Waals surface area contributed by atoms with Crippen molar-refractivity contribution in [1.29, 1.82) is 0 Å². The number of aryl methyl sites for hydroxylation is 1. The smallest absolute Gasteiger partial charge is 0.248 e. The Labute approximate surface area is 120 Å².